The van der Waals surface area contributed by atoms with E-state index in [2.05, 4.69) is 10.0 Å². The summed E-state index contributed by atoms with van der Waals surface area (Å²) in [6.07, 6.45) is 2.70. The van der Waals surface area contributed by atoms with Gasteiger partial charge in [0.1, 0.15) is 11.9 Å². The van der Waals surface area contributed by atoms with Crippen molar-refractivity contribution in [1.29, 1.82) is 5.41 Å². The van der Waals surface area contributed by atoms with Crippen LogP contribution in [-0.2, 0) is 40.4 Å². The largest absolute Gasteiger partial charge is 0.481 e. The average molecular weight is 724 g/mol. The van der Waals surface area contributed by atoms with Gasteiger partial charge < -0.3 is 42.7 Å². The Morgan fingerprint density at radius 2 is 1.44 bits per heavy atom. The van der Waals surface area contributed by atoms with Gasteiger partial charge in [0.15, 0.2) is 0 Å². The number of hydrogen-bond acceptors (Lipinski definition) is 10. The molecule has 12 N–H and O–H groups in total. The molecule has 0 spiro atoms. The molecule has 0 bridgehead atoms. The maximum absolute atomic E-state index is 13.6. The third-order valence-electron chi connectivity index (χ3n) is 6.57. The molecular formula is C32H49N7O10S. The van der Waals surface area contributed by atoms with Crippen LogP contribution in [0.1, 0.15) is 57.6 Å². The summed E-state index contributed by atoms with van der Waals surface area (Å²) in [7, 11) is -4.14. The van der Waals surface area contributed by atoms with Crippen molar-refractivity contribution in [3.05, 3.63) is 59.7 Å². The van der Waals surface area contributed by atoms with Crippen molar-refractivity contribution in [1.82, 2.24) is 9.62 Å². The molecule has 50 heavy (non-hydrogen) atoms. The fraction of sp³-hybridized carbons (Fsp3) is 0.438. The van der Waals surface area contributed by atoms with Crippen LogP contribution in [0.25, 0.3) is 0 Å². The van der Waals surface area contributed by atoms with E-state index >= 15 is 0 Å². The van der Waals surface area contributed by atoms with Crippen molar-refractivity contribution < 1.29 is 47.7 Å². The van der Waals surface area contributed by atoms with Crippen LogP contribution in [-0.4, -0.2) is 96.4 Å². The van der Waals surface area contributed by atoms with E-state index in [0.717, 1.165) is 40.0 Å². The zero-order chi connectivity index (χ0) is 38.4. The number of amidine groups is 1. The monoisotopic (exact) mass is 723 g/mol. The minimum Gasteiger partial charge on any atom is -0.481 e. The second-order valence-corrected chi connectivity index (χ2v) is 12.7. The molecule has 1 aliphatic heterocycles. The highest BCUT2D eigenvalue weighted by Crippen LogP contribution is 2.22. The maximum atomic E-state index is 13.6. The van der Waals surface area contributed by atoms with Crippen LogP contribution < -0.4 is 27.2 Å². The molecule has 1 heterocycles. The number of amides is 2. The van der Waals surface area contributed by atoms with Gasteiger partial charge in [-0.1, -0.05) is 24.3 Å². The van der Waals surface area contributed by atoms with E-state index in [9.17, 15) is 18.0 Å². The summed E-state index contributed by atoms with van der Waals surface area (Å²) in [5.74, 6) is -2.82. The first-order valence-corrected chi connectivity index (χ1v) is 16.9. The van der Waals surface area contributed by atoms with Gasteiger partial charge in [-0.25, -0.2) is 8.42 Å². The summed E-state index contributed by atoms with van der Waals surface area (Å²) in [5, 5.41) is 32.6. The number of anilines is 1. The van der Waals surface area contributed by atoms with Crippen LogP contribution in [0, 0.1) is 11.3 Å². The fourth-order valence-corrected chi connectivity index (χ4v) is 5.76. The van der Waals surface area contributed by atoms with Gasteiger partial charge in [-0.3, -0.25) is 29.4 Å². The number of carboxylic acid groups (broad SMARTS) is 3. The lowest BCUT2D eigenvalue weighted by Crippen LogP contribution is -2.51. The molecule has 0 saturated carbocycles. The number of hydrogen-bond donors (Lipinski definition) is 9. The molecule has 1 atom stereocenters. The van der Waals surface area contributed by atoms with Crippen molar-refractivity contribution in [2.24, 2.45) is 23.1 Å². The number of piperidine rings is 1. The molecule has 17 nitrogen and oxygen atoms in total. The SMILES string of the molecule is CC(=O)O.CC(=O)O.CC(=O)O.N=C(N)c1cccc(C[C@H](NS(=O)(=O)c2cccc(NC(=O)CCN)c2)C(=O)N2CCC(CCN)CC2)c1. The summed E-state index contributed by atoms with van der Waals surface area (Å²) in [5.41, 5.74) is 18.2. The average Bonchev–Trinajstić information content (AvgIpc) is 3.00. The second-order valence-electron chi connectivity index (χ2n) is 11.0. The summed E-state index contributed by atoms with van der Waals surface area (Å²) in [6, 6.07) is 11.6. The Balaban J connectivity index is 0.00000173. The van der Waals surface area contributed by atoms with Crippen molar-refractivity contribution in [2.75, 3.05) is 31.5 Å². The zero-order valence-corrected chi connectivity index (χ0v) is 29.2. The topological polar surface area (TPSA) is 309 Å². The van der Waals surface area contributed by atoms with Gasteiger partial charge in [-0.15, -0.1) is 0 Å². The normalized spacial score (nSPS) is 13.0. The number of carbonyl (C=O) groups excluding carboxylic acids is 2. The van der Waals surface area contributed by atoms with Gasteiger partial charge in [0.05, 0.1) is 4.90 Å². The Hall–Kier alpha value is -4.91. The Morgan fingerprint density at radius 3 is 1.94 bits per heavy atom. The highest BCUT2D eigenvalue weighted by Gasteiger charge is 2.32. The van der Waals surface area contributed by atoms with E-state index in [0.29, 0.717) is 42.4 Å². The Labute approximate surface area is 291 Å². The number of rotatable bonds is 12. The summed E-state index contributed by atoms with van der Waals surface area (Å²) in [4.78, 5) is 54.1. The van der Waals surface area contributed by atoms with Crippen LogP contribution in [0.5, 0.6) is 0 Å². The number of benzene rings is 2. The molecule has 0 aliphatic carbocycles. The lowest BCUT2D eigenvalue weighted by molar-refractivity contribution is -0.135. The van der Waals surface area contributed by atoms with Gasteiger partial charge in [0, 0.05) is 58.1 Å². The van der Waals surface area contributed by atoms with Crippen LogP contribution >= 0.6 is 0 Å². The summed E-state index contributed by atoms with van der Waals surface area (Å²) < 4.78 is 29.4. The standard InChI is InChI=1S/C26H37N7O4S.3C2H4O2/c27-11-7-18-9-13-33(14-10-18)26(35)23(16-19-3-1-4-20(15-19)25(29)30)32-38(36,37)22-6-2-5-21(17-22)31-24(34)8-12-28;3*1-2(3)4/h1-6,15,17-18,23,32H,7-14,16,27-28H2,(H3,29,30)(H,31,34);3*1H3,(H,3,4)/t23-;;;/m0.../s1. The van der Waals surface area contributed by atoms with E-state index in [1.807, 2.05) is 0 Å². The minimum atomic E-state index is -4.14. The number of likely N-dealkylation sites (tertiary alicyclic amines) is 1. The van der Waals surface area contributed by atoms with Gasteiger partial charge in [0.2, 0.25) is 21.8 Å². The number of carboxylic acids is 3. The molecule has 2 aromatic rings. The maximum Gasteiger partial charge on any atom is 0.300 e. The second kappa shape index (κ2) is 23.4. The first kappa shape index (κ1) is 45.1. The first-order chi connectivity index (χ1) is 23.3. The predicted octanol–water partition coefficient (Wildman–Crippen LogP) is 1.01. The number of sulfonamides is 1. The number of nitrogens with zero attached hydrogens (tertiary/aromatic N) is 1. The predicted molar refractivity (Wildman–Crippen MR) is 187 cm³/mol. The van der Waals surface area contributed by atoms with E-state index < -0.39 is 34.0 Å². The molecule has 0 aromatic heterocycles. The smallest absolute Gasteiger partial charge is 0.300 e. The number of nitrogens with one attached hydrogen (secondary N) is 3. The zero-order valence-electron chi connectivity index (χ0n) is 28.4. The van der Waals surface area contributed by atoms with Gasteiger partial charge in [0.25, 0.3) is 17.9 Å². The van der Waals surface area contributed by atoms with Crippen molar-refractivity contribution in [2.45, 2.75) is 63.8 Å². The molecule has 2 amide bonds. The Morgan fingerprint density at radius 1 is 0.900 bits per heavy atom. The molecule has 2 aromatic carbocycles. The Kier molecular flexibility index (Phi) is 21.1. The number of carbonyl (C=O) groups is 5. The van der Waals surface area contributed by atoms with Gasteiger partial charge in [-0.05, 0) is 68.0 Å². The highest BCUT2D eigenvalue weighted by molar-refractivity contribution is 7.89. The number of nitrogen functional groups attached to an aromatic ring is 1. The van der Waals surface area contributed by atoms with Crippen LogP contribution in [0.4, 0.5) is 5.69 Å². The van der Waals surface area contributed by atoms with Crippen LogP contribution in [0.2, 0.25) is 0 Å². The molecular weight excluding hydrogens is 674 g/mol. The third-order valence-corrected chi connectivity index (χ3v) is 8.04. The molecule has 1 fully saturated rings. The van der Waals surface area contributed by atoms with Crippen molar-refractivity contribution >= 4 is 51.3 Å². The van der Waals surface area contributed by atoms with E-state index in [4.69, 9.17) is 52.3 Å². The lowest BCUT2D eigenvalue weighted by Gasteiger charge is -2.34. The molecule has 1 saturated heterocycles. The number of aliphatic carboxylic acids is 3. The Bertz CT molecular complexity index is 1500. The van der Waals surface area contributed by atoms with Crippen LogP contribution in [0.15, 0.2) is 53.4 Å². The fourth-order valence-electron chi connectivity index (χ4n) is 4.53. The molecule has 0 radical (unpaired) electrons. The molecule has 3 rings (SSSR count). The minimum absolute atomic E-state index is 0.0782. The van der Waals surface area contributed by atoms with Crippen LogP contribution in [0.3, 0.4) is 0 Å². The highest BCUT2D eigenvalue weighted by atomic mass is 32.2. The molecule has 1 aliphatic rings. The molecule has 18 heteroatoms. The number of nitrogens with two attached hydrogens (primary N) is 3. The lowest BCUT2D eigenvalue weighted by atomic mass is 9.93. The van der Waals surface area contributed by atoms with E-state index in [1.165, 1.54) is 18.2 Å². The van der Waals surface area contributed by atoms with Crippen molar-refractivity contribution in [3.63, 3.8) is 0 Å². The van der Waals surface area contributed by atoms with Gasteiger partial charge in [-0.2, -0.15) is 4.72 Å². The molecule has 278 valence electrons. The summed E-state index contributed by atoms with van der Waals surface area (Å²) >= 11 is 0. The summed E-state index contributed by atoms with van der Waals surface area (Å²) in [6.45, 7) is 5.07. The molecule has 0 unspecified atom stereocenters. The van der Waals surface area contributed by atoms with E-state index in [-0.39, 0.29) is 41.9 Å². The van der Waals surface area contributed by atoms with Gasteiger partial charge >= 0.3 is 0 Å². The first-order valence-electron chi connectivity index (χ1n) is 15.5. The van der Waals surface area contributed by atoms with E-state index in [1.54, 1.807) is 35.2 Å². The third kappa shape index (κ3) is 19.8. The van der Waals surface area contributed by atoms with Crippen molar-refractivity contribution in [3.8, 4) is 0 Å². The quantitative estimate of drug-likeness (QED) is 0.109.